The summed E-state index contributed by atoms with van der Waals surface area (Å²) in [5, 5.41) is 14.1. The van der Waals surface area contributed by atoms with Crippen LogP contribution in [0.1, 0.15) is 9.67 Å². The minimum atomic E-state index is -2.21. The van der Waals surface area contributed by atoms with Crippen molar-refractivity contribution in [3.63, 3.8) is 0 Å². The predicted octanol–water partition coefficient (Wildman–Crippen LogP) is 2.47. The number of carbonyl (C=O) groups is 2. The normalized spacial score (nSPS) is 12.7. The van der Waals surface area contributed by atoms with Crippen molar-refractivity contribution in [3.05, 3.63) is 14.7 Å². The van der Waals surface area contributed by atoms with Crippen molar-refractivity contribution in [2.75, 3.05) is 12.4 Å². The van der Waals surface area contributed by atoms with Gasteiger partial charge >= 0.3 is 5.97 Å². The first kappa shape index (κ1) is 17.8. The van der Waals surface area contributed by atoms with Crippen LogP contribution in [0.3, 0.4) is 0 Å². The summed E-state index contributed by atoms with van der Waals surface area (Å²) in [4.78, 5) is 23.1. The van der Waals surface area contributed by atoms with E-state index in [4.69, 9.17) is 34.8 Å². The SMILES string of the molecule is COC(=O)c1sc(Br)cc1NC(O)NC(=O)C(Cl)(Cl)Cl. The topological polar surface area (TPSA) is 87.7 Å². The molecule has 1 heterocycles. The van der Waals surface area contributed by atoms with E-state index in [9.17, 15) is 14.7 Å². The lowest BCUT2D eigenvalue weighted by Crippen LogP contribution is -2.45. The van der Waals surface area contributed by atoms with Gasteiger partial charge in [-0.05, 0) is 22.0 Å². The molecule has 1 atom stereocenters. The molecule has 1 aromatic rings. The summed E-state index contributed by atoms with van der Waals surface area (Å²) in [6, 6.07) is 1.53. The summed E-state index contributed by atoms with van der Waals surface area (Å²) in [5.41, 5.74) is 0.255. The van der Waals surface area contributed by atoms with Gasteiger partial charge in [0, 0.05) is 0 Å². The third-order valence-corrected chi connectivity index (χ3v) is 4.02. The van der Waals surface area contributed by atoms with Crippen molar-refractivity contribution >= 4 is 79.6 Å². The average Bonchev–Trinajstić information content (AvgIpc) is 2.67. The zero-order chi connectivity index (χ0) is 15.5. The molecule has 11 heteroatoms. The van der Waals surface area contributed by atoms with E-state index < -0.39 is 22.0 Å². The maximum Gasteiger partial charge on any atom is 0.350 e. The number of carbonyl (C=O) groups excluding carboxylic acids is 2. The Hall–Kier alpha value is -0.250. The average molecular weight is 427 g/mol. The zero-order valence-corrected chi connectivity index (χ0v) is 14.4. The van der Waals surface area contributed by atoms with E-state index in [1.54, 1.807) is 0 Å². The van der Waals surface area contributed by atoms with Gasteiger partial charge in [0.1, 0.15) is 4.88 Å². The fourth-order valence-electron chi connectivity index (χ4n) is 1.10. The lowest BCUT2D eigenvalue weighted by molar-refractivity contribution is -0.122. The fraction of sp³-hybridized carbons (Fsp3) is 0.333. The molecule has 1 rings (SSSR count). The number of aliphatic hydroxyl groups is 1. The van der Waals surface area contributed by atoms with E-state index in [-0.39, 0.29) is 10.6 Å². The van der Waals surface area contributed by atoms with Crippen LogP contribution >= 0.6 is 62.1 Å². The lowest BCUT2D eigenvalue weighted by Gasteiger charge is -2.18. The van der Waals surface area contributed by atoms with Crippen LogP contribution in [0.15, 0.2) is 9.85 Å². The Morgan fingerprint density at radius 1 is 1.50 bits per heavy atom. The first-order chi connectivity index (χ1) is 9.15. The molecule has 1 amide bonds. The van der Waals surface area contributed by atoms with Gasteiger partial charge in [-0.3, -0.25) is 4.79 Å². The van der Waals surface area contributed by atoms with E-state index >= 15 is 0 Å². The predicted molar refractivity (Wildman–Crippen MR) is 81.4 cm³/mol. The number of nitrogens with one attached hydrogen (secondary N) is 2. The van der Waals surface area contributed by atoms with Gasteiger partial charge in [-0.2, -0.15) is 0 Å². The van der Waals surface area contributed by atoms with Crippen LogP contribution in [0.25, 0.3) is 0 Å². The number of anilines is 1. The van der Waals surface area contributed by atoms with Gasteiger partial charge in [0.2, 0.25) is 6.35 Å². The molecule has 1 aromatic heterocycles. The van der Waals surface area contributed by atoms with Crippen molar-refractivity contribution in [1.82, 2.24) is 5.32 Å². The number of rotatable bonds is 4. The van der Waals surface area contributed by atoms with Crippen LogP contribution < -0.4 is 10.6 Å². The Kier molecular flexibility index (Phi) is 6.36. The number of alkyl halides is 3. The molecule has 0 radical (unpaired) electrons. The van der Waals surface area contributed by atoms with Crippen molar-refractivity contribution in [3.8, 4) is 0 Å². The number of ether oxygens (including phenoxy) is 1. The summed E-state index contributed by atoms with van der Waals surface area (Å²) in [6.45, 7) is 0. The van der Waals surface area contributed by atoms with E-state index in [2.05, 4.69) is 26.0 Å². The molecule has 0 aliphatic carbocycles. The highest BCUT2D eigenvalue weighted by Gasteiger charge is 2.32. The van der Waals surface area contributed by atoms with Crippen LogP contribution in [0.4, 0.5) is 5.69 Å². The molecular formula is C9H8BrCl3N2O4S. The Balaban J connectivity index is 2.78. The van der Waals surface area contributed by atoms with Gasteiger partial charge in [-0.15, -0.1) is 11.3 Å². The van der Waals surface area contributed by atoms with Crippen LogP contribution in [0.2, 0.25) is 0 Å². The third-order valence-electron chi connectivity index (χ3n) is 1.89. The molecule has 0 bridgehead atoms. The second-order valence-corrected chi connectivity index (χ2v) is 8.02. The van der Waals surface area contributed by atoms with Crippen molar-refractivity contribution in [1.29, 1.82) is 0 Å². The largest absolute Gasteiger partial charge is 0.465 e. The second kappa shape index (κ2) is 7.15. The minimum Gasteiger partial charge on any atom is -0.465 e. The summed E-state index contributed by atoms with van der Waals surface area (Å²) >= 11 is 20.3. The van der Waals surface area contributed by atoms with Crippen molar-refractivity contribution in [2.45, 2.75) is 10.1 Å². The lowest BCUT2D eigenvalue weighted by atomic mass is 10.4. The van der Waals surface area contributed by atoms with Crippen LogP contribution in [-0.4, -0.2) is 34.2 Å². The number of hydrogen-bond acceptors (Lipinski definition) is 6. The van der Waals surface area contributed by atoms with Gasteiger partial charge in [0.05, 0.1) is 16.6 Å². The minimum absolute atomic E-state index is 0.210. The van der Waals surface area contributed by atoms with E-state index in [1.807, 2.05) is 5.32 Å². The number of aliphatic hydroxyl groups excluding tert-OH is 1. The van der Waals surface area contributed by atoms with Gasteiger partial charge in [0.25, 0.3) is 9.70 Å². The molecule has 0 saturated heterocycles. The maximum absolute atomic E-state index is 11.5. The van der Waals surface area contributed by atoms with Gasteiger partial charge in [-0.25, -0.2) is 4.79 Å². The smallest absolute Gasteiger partial charge is 0.350 e. The van der Waals surface area contributed by atoms with Crippen LogP contribution in [0, 0.1) is 0 Å². The maximum atomic E-state index is 11.5. The molecular weight excluding hydrogens is 418 g/mol. The molecule has 0 aliphatic rings. The first-order valence-electron chi connectivity index (χ1n) is 4.85. The molecule has 0 spiro atoms. The molecule has 20 heavy (non-hydrogen) atoms. The van der Waals surface area contributed by atoms with E-state index in [1.165, 1.54) is 13.2 Å². The Morgan fingerprint density at radius 3 is 2.60 bits per heavy atom. The first-order valence-corrected chi connectivity index (χ1v) is 7.59. The Labute approximate surface area is 141 Å². The summed E-state index contributed by atoms with van der Waals surface area (Å²) in [7, 11) is 1.22. The highest BCUT2D eigenvalue weighted by molar-refractivity contribution is 9.11. The highest BCUT2D eigenvalue weighted by Crippen LogP contribution is 2.32. The molecule has 1 unspecified atom stereocenters. The number of halogens is 4. The van der Waals surface area contributed by atoms with Gasteiger partial charge in [-0.1, -0.05) is 34.8 Å². The fourth-order valence-corrected chi connectivity index (χ4v) is 2.75. The van der Waals surface area contributed by atoms with Crippen LogP contribution in [-0.2, 0) is 9.53 Å². The molecule has 0 fully saturated rings. The number of hydrogen-bond donors (Lipinski definition) is 3. The number of thiophene rings is 1. The molecule has 0 saturated carbocycles. The standard InChI is InChI=1S/C9H8BrCl3N2O4S/c1-19-6(16)5-3(2-4(10)20-5)14-8(18)15-7(17)9(11,12)13/h2,8,14,18H,1H3,(H,15,17). The van der Waals surface area contributed by atoms with Gasteiger partial charge < -0.3 is 20.5 Å². The third kappa shape index (κ3) is 4.94. The molecule has 3 N–H and O–H groups in total. The molecule has 6 nitrogen and oxygen atoms in total. The molecule has 0 aromatic carbocycles. The highest BCUT2D eigenvalue weighted by atomic mass is 79.9. The quantitative estimate of drug-likeness (QED) is 0.391. The number of amides is 1. The monoisotopic (exact) mass is 424 g/mol. The number of methoxy groups -OCH3 is 1. The van der Waals surface area contributed by atoms with Crippen molar-refractivity contribution < 1.29 is 19.4 Å². The Bertz CT molecular complexity index is 520. The molecule has 0 aliphatic heterocycles. The second-order valence-electron chi connectivity index (χ2n) is 3.30. The van der Waals surface area contributed by atoms with E-state index in [0.29, 0.717) is 3.79 Å². The molecule has 112 valence electrons. The van der Waals surface area contributed by atoms with E-state index in [0.717, 1.165) is 11.3 Å². The summed E-state index contributed by atoms with van der Waals surface area (Å²) < 4.78 is 3.01. The van der Waals surface area contributed by atoms with Crippen molar-refractivity contribution in [2.24, 2.45) is 0 Å². The summed E-state index contributed by atoms with van der Waals surface area (Å²) in [5.74, 6) is -1.61. The Morgan fingerprint density at radius 2 is 2.10 bits per heavy atom. The van der Waals surface area contributed by atoms with Gasteiger partial charge in [0.15, 0.2) is 0 Å². The number of esters is 1. The summed E-state index contributed by atoms with van der Waals surface area (Å²) in [6.07, 6.45) is -1.55. The zero-order valence-electron chi connectivity index (χ0n) is 9.75. The van der Waals surface area contributed by atoms with Crippen LogP contribution in [0.5, 0.6) is 0 Å².